The molecule has 0 saturated carbocycles. The smallest absolute Gasteiger partial charge is 0.254 e. The molecule has 1 aromatic rings. The van der Waals surface area contributed by atoms with Crippen LogP contribution in [0.1, 0.15) is 20.7 Å². The Balaban J connectivity index is 2.31. The van der Waals surface area contributed by atoms with Gasteiger partial charge in [-0.15, -0.1) is 0 Å². The highest BCUT2D eigenvalue weighted by Crippen LogP contribution is 2.16. The van der Waals surface area contributed by atoms with Gasteiger partial charge in [-0.05, 0) is 40.8 Å². The molecule has 1 heterocycles. The van der Waals surface area contributed by atoms with E-state index in [-0.39, 0.29) is 11.5 Å². The molecule has 18 heavy (non-hydrogen) atoms. The minimum atomic E-state index is -0.579. The SMILES string of the molecule is NC(=O)c1cc(I)ccc1C(=O)N1CCOCC1. The fraction of sp³-hybridized carbons (Fsp3) is 0.333. The number of benzene rings is 1. The van der Waals surface area contributed by atoms with Crippen LogP contribution in [0.15, 0.2) is 18.2 Å². The minimum absolute atomic E-state index is 0.163. The quantitative estimate of drug-likeness (QED) is 0.796. The number of nitrogens with zero attached hydrogens (tertiary/aromatic N) is 1. The first-order chi connectivity index (χ1) is 8.59. The van der Waals surface area contributed by atoms with Crippen LogP contribution in [-0.2, 0) is 4.74 Å². The molecule has 5 nitrogen and oxygen atoms in total. The van der Waals surface area contributed by atoms with Crippen molar-refractivity contribution in [3.05, 3.63) is 32.9 Å². The molecule has 2 amide bonds. The van der Waals surface area contributed by atoms with Crippen molar-refractivity contribution in [1.82, 2.24) is 4.90 Å². The van der Waals surface area contributed by atoms with Gasteiger partial charge in [0.15, 0.2) is 0 Å². The third-order valence-corrected chi connectivity index (χ3v) is 3.45. The Morgan fingerprint density at radius 2 is 1.89 bits per heavy atom. The molecule has 0 unspecified atom stereocenters. The van der Waals surface area contributed by atoms with Gasteiger partial charge in [0.05, 0.1) is 24.3 Å². The predicted octanol–water partition coefficient (Wildman–Crippen LogP) is 0.863. The van der Waals surface area contributed by atoms with Crippen LogP contribution in [0, 0.1) is 3.57 Å². The highest BCUT2D eigenvalue weighted by molar-refractivity contribution is 14.1. The lowest BCUT2D eigenvalue weighted by Crippen LogP contribution is -2.41. The van der Waals surface area contributed by atoms with Crippen LogP contribution in [0.3, 0.4) is 0 Å². The number of morpholine rings is 1. The van der Waals surface area contributed by atoms with Crippen molar-refractivity contribution in [2.45, 2.75) is 0 Å². The third kappa shape index (κ3) is 2.81. The van der Waals surface area contributed by atoms with E-state index >= 15 is 0 Å². The normalized spacial score (nSPS) is 15.5. The van der Waals surface area contributed by atoms with E-state index in [1.807, 2.05) is 0 Å². The number of hydrogen-bond donors (Lipinski definition) is 1. The van der Waals surface area contributed by atoms with E-state index in [4.69, 9.17) is 10.5 Å². The zero-order valence-corrected chi connectivity index (χ0v) is 11.8. The fourth-order valence-corrected chi connectivity index (χ4v) is 2.33. The Labute approximate surface area is 118 Å². The zero-order chi connectivity index (χ0) is 13.1. The van der Waals surface area contributed by atoms with Gasteiger partial charge < -0.3 is 15.4 Å². The van der Waals surface area contributed by atoms with Crippen molar-refractivity contribution in [1.29, 1.82) is 0 Å². The zero-order valence-electron chi connectivity index (χ0n) is 9.69. The molecule has 1 fully saturated rings. The van der Waals surface area contributed by atoms with E-state index in [0.717, 1.165) is 3.57 Å². The standard InChI is InChI=1S/C12H13IN2O3/c13-8-1-2-9(10(7-8)11(14)16)12(17)15-3-5-18-6-4-15/h1-2,7H,3-6H2,(H2,14,16). The van der Waals surface area contributed by atoms with Gasteiger partial charge in [-0.2, -0.15) is 0 Å². The lowest BCUT2D eigenvalue weighted by molar-refractivity contribution is 0.0302. The molecule has 2 N–H and O–H groups in total. The first-order valence-corrected chi connectivity index (χ1v) is 6.64. The summed E-state index contributed by atoms with van der Waals surface area (Å²) in [5, 5.41) is 0. The summed E-state index contributed by atoms with van der Waals surface area (Å²) in [5.74, 6) is -0.742. The first-order valence-electron chi connectivity index (χ1n) is 5.56. The summed E-state index contributed by atoms with van der Waals surface area (Å²) in [5.41, 5.74) is 5.95. The second kappa shape index (κ2) is 5.66. The van der Waals surface area contributed by atoms with Gasteiger partial charge in [0.25, 0.3) is 5.91 Å². The third-order valence-electron chi connectivity index (χ3n) is 2.78. The van der Waals surface area contributed by atoms with Crippen molar-refractivity contribution >= 4 is 34.4 Å². The number of hydrogen-bond acceptors (Lipinski definition) is 3. The van der Waals surface area contributed by atoms with Gasteiger partial charge in [0.1, 0.15) is 0 Å². The van der Waals surface area contributed by atoms with E-state index in [1.165, 1.54) is 0 Å². The molecule has 0 aliphatic carbocycles. The Hall–Kier alpha value is -1.15. The van der Waals surface area contributed by atoms with Crippen LogP contribution >= 0.6 is 22.6 Å². The summed E-state index contributed by atoms with van der Waals surface area (Å²) in [6, 6.07) is 5.08. The molecule has 6 heteroatoms. The highest BCUT2D eigenvalue weighted by atomic mass is 127. The van der Waals surface area contributed by atoms with Crippen LogP contribution < -0.4 is 5.73 Å². The summed E-state index contributed by atoms with van der Waals surface area (Å²) in [7, 11) is 0. The molecule has 0 aromatic heterocycles. The number of halogens is 1. The average molecular weight is 360 g/mol. The largest absolute Gasteiger partial charge is 0.378 e. The molecule has 0 atom stereocenters. The van der Waals surface area contributed by atoms with Crippen molar-refractivity contribution in [2.75, 3.05) is 26.3 Å². The maximum atomic E-state index is 12.3. The average Bonchev–Trinajstić information content (AvgIpc) is 2.39. The Bertz CT molecular complexity index is 484. The summed E-state index contributed by atoms with van der Waals surface area (Å²) >= 11 is 2.08. The second-order valence-electron chi connectivity index (χ2n) is 3.96. The summed E-state index contributed by atoms with van der Waals surface area (Å²) < 4.78 is 6.07. The van der Waals surface area contributed by atoms with Crippen LogP contribution in [0.2, 0.25) is 0 Å². The number of carbonyl (C=O) groups excluding carboxylic acids is 2. The molecule has 0 bridgehead atoms. The molecule has 2 rings (SSSR count). The predicted molar refractivity (Wildman–Crippen MR) is 74.4 cm³/mol. The Morgan fingerprint density at radius 3 is 2.50 bits per heavy atom. The van der Waals surface area contributed by atoms with E-state index in [1.54, 1.807) is 23.1 Å². The molecule has 1 saturated heterocycles. The molecule has 1 aromatic carbocycles. The molecule has 0 spiro atoms. The molecular weight excluding hydrogens is 347 g/mol. The second-order valence-corrected chi connectivity index (χ2v) is 5.20. The number of ether oxygens (including phenoxy) is 1. The Morgan fingerprint density at radius 1 is 1.22 bits per heavy atom. The molecule has 1 aliphatic rings. The number of nitrogens with two attached hydrogens (primary N) is 1. The van der Waals surface area contributed by atoms with Gasteiger partial charge in [0.2, 0.25) is 5.91 Å². The van der Waals surface area contributed by atoms with E-state index < -0.39 is 5.91 Å². The van der Waals surface area contributed by atoms with Gasteiger partial charge in [-0.1, -0.05) is 0 Å². The van der Waals surface area contributed by atoms with Crippen molar-refractivity contribution < 1.29 is 14.3 Å². The molecule has 0 radical (unpaired) electrons. The van der Waals surface area contributed by atoms with Crippen LogP contribution in [0.5, 0.6) is 0 Å². The molecular formula is C12H13IN2O3. The van der Waals surface area contributed by atoms with Gasteiger partial charge in [0, 0.05) is 16.7 Å². The lowest BCUT2D eigenvalue weighted by atomic mass is 10.1. The van der Waals surface area contributed by atoms with Crippen molar-refractivity contribution in [3.8, 4) is 0 Å². The van der Waals surface area contributed by atoms with E-state index in [0.29, 0.717) is 31.9 Å². The Kier molecular flexibility index (Phi) is 4.18. The van der Waals surface area contributed by atoms with Crippen LogP contribution in [-0.4, -0.2) is 43.0 Å². The lowest BCUT2D eigenvalue weighted by Gasteiger charge is -2.27. The first kappa shape index (κ1) is 13.3. The number of amides is 2. The molecule has 96 valence electrons. The number of primary amides is 1. The van der Waals surface area contributed by atoms with Crippen molar-refractivity contribution in [3.63, 3.8) is 0 Å². The van der Waals surface area contributed by atoms with E-state index in [2.05, 4.69) is 22.6 Å². The topological polar surface area (TPSA) is 72.6 Å². The summed E-state index contributed by atoms with van der Waals surface area (Å²) in [6.07, 6.45) is 0. The van der Waals surface area contributed by atoms with Gasteiger partial charge in [-0.25, -0.2) is 0 Å². The number of carbonyl (C=O) groups is 2. The van der Waals surface area contributed by atoms with Crippen LogP contribution in [0.4, 0.5) is 0 Å². The summed E-state index contributed by atoms with van der Waals surface area (Å²) in [6.45, 7) is 2.15. The van der Waals surface area contributed by atoms with Gasteiger partial charge in [-0.3, -0.25) is 9.59 Å². The molecule has 1 aliphatic heterocycles. The van der Waals surface area contributed by atoms with Crippen molar-refractivity contribution in [2.24, 2.45) is 5.73 Å². The van der Waals surface area contributed by atoms with Gasteiger partial charge >= 0.3 is 0 Å². The highest BCUT2D eigenvalue weighted by Gasteiger charge is 2.22. The minimum Gasteiger partial charge on any atom is -0.378 e. The number of rotatable bonds is 2. The maximum Gasteiger partial charge on any atom is 0.254 e. The monoisotopic (exact) mass is 360 g/mol. The maximum absolute atomic E-state index is 12.3. The fourth-order valence-electron chi connectivity index (χ4n) is 1.84. The summed E-state index contributed by atoms with van der Waals surface area (Å²) in [4.78, 5) is 25.4. The van der Waals surface area contributed by atoms with Crippen LogP contribution in [0.25, 0.3) is 0 Å². The van der Waals surface area contributed by atoms with E-state index in [9.17, 15) is 9.59 Å².